The van der Waals surface area contributed by atoms with Gasteiger partial charge in [-0.2, -0.15) is 5.26 Å². The second-order valence-electron chi connectivity index (χ2n) is 2.56. The van der Waals surface area contributed by atoms with Crippen LogP contribution in [0.1, 0.15) is 6.92 Å². The summed E-state index contributed by atoms with van der Waals surface area (Å²) in [6, 6.07) is 1.60. The molecule has 6 heteroatoms. The summed E-state index contributed by atoms with van der Waals surface area (Å²) in [6.07, 6.45) is 0. The molecule has 0 aromatic heterocycles. The predicted octanol–water partition coefficient (Wildman–Crippen LogP) is -0.0221. The molecule has 0 radical (unpaired) electrons. The van der Waals surface area contributed by atoms with E-state index in [1.54, 1.807) is 6.07 Å². The normalized spacial score (nSPS) is 11.1. The highest BCUT2D eigenvalue weighted by atomic mass is 32.2. The molecule has 0 aliphatic rings. The van der Waals surface area contributed by atoms with Crippen molar-refractivity contribution in [1.82, 2.24) is 0 Å². The van der Waals surface area contributed by atoms with Crippen LogP contribution in [0.4, 0.5) is 0 Å². The van der Waals surface area contributed by atoms with Crippen LogP contribution in [0.5, 0.6) is 0 Å². The molecular formula is C8H15NO4S. The lowest BCUT2D eigenvalue weighted by Crippen LogP contribution is -2.16. The molecule has 0 aromatic carbocycles. The molecule has 0 amide bonds. The number of nitriles is 1. The first-order valence-corrected chi connectivity index (χ1v) is 6.17. The highest BCUT2D eigenvalue weighted by Gasteiger charge is 2.08. The molecule has 0 aliphatic carbocycles. The smallest absolute Gasteiger partial charge is 0.165 e. The molecule has 0 aliphatic heterocycles. The van der Waals surface area contributed by atoms with Crippen molar-refractivity contribution < 1.29 is 17.9 Å². The predicted molar refractivity (Wildman–Crippen MR) is 51.6 cm³/mol. The first-order chi connectivity index (χ1) is 6.62. The second-order valence-corrected chi connectivity index (χ2v) is 4.74. The highest BCUT2D eigenvalue weighted by molar-refractivity contribution is 7.91. The number of ether oxygens (including phenoxy) is 2. The van der Waals surface area contributed by atoms with Gasteiger partial charge in [0.2, 0.25) is 0 Å². The summed E-state index contributed by atoms with van der Waals surface area (Å²) in [4.78, 5) is 0. The lowest BCUT2D eigenvalue weighted by molar-refractivity contribution is 0.0590. The van der Waals surface area contributed by atoms with Gasteiger partial charge in [0.05, 0.1) is 31.6 Å². The average Bonchev–Trinajstić information content (AvgIpc) is 2.11. The third kappa shape index (κ3) is 7.98. The van der Waals surface area contributed by atoms with Crippen LogP contribution in [0, 0.1) is 11.3 Å². The topological polar surface area (TPSA) is 76.4 Å². The Balaban J connectivity index is 3.41. The molecule has 0 heterocycles. The van der Waals surface area contributed by atoms with Crippen molar-refractivity contribution in [3.63, 3.8) is 0 Å². The van der Waals surface area contributed by atoms with Gasteiger partial charge in [0, 0.05) is 6.61 Å². The molecule has 82 valence electrons. The van der Waals surface area contributed by atoms with Crippen LogP contribution in [0.3, 0.4) is 0 Å². The minimum atomic E-state index is -3.25. The Labute approximate surface area is 84.5 Å². The maximum Gasteiger partial charge on any atom is 0.165 e. The maximum atomic E-state index is 11.0. The van der Waals surface area contributed by atoms with Crippen LogP contribution in [0.25, 0.3) is 0 Å². The molecule has 0 bridgehead atoms. The van der Waals surface area contributed by atoms with Crippen molar-refractivity contribution in [2.75, 3.05) is 37.9 Å². The molecule has 0 spiro atoms. The van der Waals surface area contributed by atoms with E-state index in [2.05, 4.69) is 0 Å². The molecule has 0 fully saturated rings. The molecule has 0 unspecified atom stereocenters. The van der Waals surface area contributed by atoms with Crippen molar-refractivity contribution in [2.45, 2.75) is 6.92 Å². The number of nitrogens with zero attached hydrogens (tertiary/aromatic N) is 1. The van der Waals surface area contributed by atoms with Gasteiger partial charge in [-0.25, -0.2) is 8.42 Å². The van der Waals surface area contributed by atoms with Gasteiger partial charge in [-0.1, -0.05) is 0 Å². The Morgan fingerprint density at radius 2 is 1.86 bits per heavy atom. The van der Waals surface area contributed by atoms with Gasteiger partial charge in [0.25, 0.3) is 0 Å². The third-order valence-corrected chi connectivity index (χ3v) is 2.76. The monoisotopic (exact) mass is 221 g/mol. The molecule has 14 heavy (non-hydrogen) atoms. The lowest BCUT2D eigenvalue weighted by atomic mass is 10.7. The molecular weight excluding hydrogens is 206 g/mol. The summed E-state index contributed by atoms with van der Waals surface area (Å²) >= 11 is 0. The van der Waals surface area contributed by atoms with Gasteiger partial charge < -0.3 is 9.47 Å². The van der Waals surface area contributed by atoms with Crippen molar-refractivity contribution in [2.24, 2.45) is 0 Å². The van der Waals surface area contributed by atoms with E-state index in [4.69, 9.17) is 14.7 Å². The zero-order valence-corrected chi connectivity index (χ0v) is 9.05. The maximum absolute atomic E-state index is 11.0. The SMILES string of the molecule is CCOCCOCCS(=O)(=O)CC#N. The van der Waals surface area contributed by atoms with Crippen molar-refractivity contribution >= 4 is 9.84 Å². The van der Waals surface area contributed by atoms with Gasteiger partial charge in [0.1, 0.15) is 5.75 Å². The van der Waals surface area contributed by atoms with Gasteiger partial charge in [-0.15, -0.1) is 0 Å². The van der Waals surface area contributed by atoms with Gasteiger partial charge in [-0.05, 0) is 6.92 Å². The number of rotatable bonds is 8. The number of hydrogen-bond donors (Lipinski definition) is 0. The summed E-state index contributed by atoms with van der Waals surface area (Å²) in [5.41, 5.74) is 0. The van der Waals surface area contributed by atoms with Crippen molar-refractivity contribution in [1.29, 1.82) is 5.26 Å². The summed E-state index contributed by atoms with van der Waals surface area (Å²) < 4.78 is 32.0. The summed E-state index contributed by atoms with van der Waals surface area (Å²) in [5, 5.41) is 8.18. The molecule has 0 saturated carbocycles. The van der Waals surface area contributed by atoms with E-state index >= 15 is 0 Å². The summed E-state index contributed by atoms with van der Waals surface area (Å²) in [7, 11) is -3.25. The third-order valence-electron chi connectivity index (χ3n) is 1.40. The van der Waals surface area contributed by atoms with Crippen LogP contribution in [0.15, 0.2) is 0 Å². The Kier molecular flexibility index (Phi) is 7.38. The Bertz CT molecular complexity index is 268. The highest BCUT2D eigenvalue weighted by Crippen LogP contribution is 1.89. The Morgan fingerprint density at radius 1 is 1.21 bits per heavy atom. The van der Waals surface area contributed by atoms with E-state index in [9.17, 15) is 8.42 Å². The fraction of sp³-hybridized carbons (Fsp3) is 0.875. The van der Waals surface area contributed by atoms with Crippen LogP contribution in [0.2, 0.25) is 0 Å². The fourth-order valence-corrected chi connectivity index (χ4v) is 1.43. The lowest BCUT2D eigenvalue weighted by Gasteiger charge is -2.03. The molecule has 0 rings (SSSR count). The standard InChI is InChI=1S/C8H15NO4S/c1-2-12-4-5-13-6-8-14(10,11)7-3-9/h2,4-8H2,1H3. The molecule has 0 atom stereocenters. The molecule has 5 nitrogen and oxygen atoms in total. The molecule has 0 saturated heterocycles. The minimum Gasteiger partial charge on any atom is -0.379 e. The van der Waals surface area contributed by atoms with E-state index in [0.717, 1.165) is 0 Å². The van der Waals surface area contributed by atoms with Crippen molar-refractivity contribution in [3.05, 3.63) is 0 Å². The zero-order valence-electron chi connectivity index (χ0n) is 8.23. The van der Waals surface area contributed by atoms with Crippen LogP contribution < -0.4 is 0 Å². The largest absolute Gasteiger partial charge is 0.379 e. The number of hydrogen-bond acceptors (Lipinski definition) is 5. The molecule has 0 aromatic rings. The summed E-state index contributed by atoms with van der Waals surface area (Å²) in [5.74, 6) is -0.547. The molecule has 0 N–H and O–H groups in total. The quantitative estimate of drug-likeness (QED) is 0.538. The van der Waals surface area contributed by atoms with E-state index in [1.807, 2.05) is 6.92 Å². The number of sulfone groups is 1. The first kappa shape index (κ1) is 13.4. The average molecular weight is 221 g/mol. The fourth-order valence-electron chi connectivity index (χ4n) is 0.721. The first-order valence-electron chi connectivity index (χ1n) is 4.35. The zero-order chi connectivity index (χ0) is 10.9. The van der Waals surface area contributed by atoms with Gasteiger partial charge in [-0.3, -0.25) is 0 Å². The van der Waals surface area contributed by atoms with E-state index in [0.29, 0.717) is 19.8 Å². The van der Waals surface area contributed by atoms with Crippen molar-refractivity contribution in [3.8, 4) is 6.07 Å². The second kappa shape index (κ2) is 7.74. The van der Waals surface area contributed by atoms with E-state index in [1.165, 1.54) is 0 Å². The van der Waals surface area contributed by atoms with Crippen LogP contribution in [-0.2, 0) is 19.3 Å². The Morgan fingerprint density at radius 3 is 2.43 bits per heavy atom. The van der Waals surface area contributed by atoms with E-state index in [-0.39, 0.29) is 12.4 Å². The van der Waals surface area contributed by atoms with Gasteiger partial charge in [0.15, 0.2) is 9.84 Å². The van der Waals surface area contributed by atoms with Crippen LogP contribution in [-0.4, -0.2) is 46.4 Å². The van der Waals surface area contributed by atoms with E-state index < -0.39 is 15.6 Å². The Hall–Kier alpha value is -0.640. The minimum absolute atomic E-state index is 0.104. The van der Waals surface area contributed by atoms with Crippen LogP contribution >= 0.6 is 0 Å². The summed E-state index contributed by atoms with van der Waals surface area (Å²) in [6.45, 7) is 3.47. The van der Waals surface area contributed by atoms with Gasteiger partial charge >= 0.3 is 0 Å².